The molecule has 3 rings (SSSR count). The van der Waals surface area contributed by atoms with Crippen LogP contribution < -0.4 is 4.74 Å². The van der Waals surface area contributed by atoms with E-state index in [2.05, 4.69) is 15.9 Å². The van der Waals surface area contributed by atoms with Gasteiger partial charge in [0.1, 0.15) is 11.6 Å². The maximum atomic E-state index is 13.1. The second kappa shape index (κ2) is 5.09. The number of aromatic nitrogens is 1. The fourth-order valence-corrected chi connectivity index (χ4v) is 2.14. The van der Waals surface area contributed by atoms with Crippen molar-refractivity contribution in [1.82, 2.24) is 4.57 Å². The van der Waals surface area contributed by atoms with Crippen LogP contribution in [-0.2, 0) is 0 Å². The molecule has 1 aromatic heterocycles. The van der Waals surface area contributed by atoms with Crippen LogP contribution in [0, 0.1) is 5.82 Å². The number of carbonyl (C=O) groups excluding carboxylic acids is 1. The summed E-state index contributed by atoms with van der Waals surface area (Å²) in [7, 11) is 0. The third kappa shape index (κ3) is 2.58. The smallest absolute Gasteiger partial charge is 0.410 e. The van der Waals surface area contributed by atoms with Gasteiger partial charge in [0, 0.05) is 27.6 Å². The number of rotatable bonds is 1. The number of nitrogens with zero attached hydrogens (tertiary/aromatic N) is 1. The summed E-state index contributed by atoms with van der Waals surface area (Å²) in [6.45, 7) is 0. The molecule has 0 unspecified atom stereocenters. The SMILES string of the molecule is O=C(Oc1ccc(Br)cc1)n1cc2ccc(F)cc2c1. The van der Waals surface area contributed by atoms with Crippen molar-refractivity contribution in [3.63, 3.8) is 0 Å². The zero-order chi connectivity index (χ0) is 14.1. The van der Waals surface area contributed by atoms with Gasteiger partial charge in [-0.05, 0) is 42.5 Å². The Morgan fingerprint density at radius 1 is 1.05 bits per heavy atom. The maximum Gasteiger partial charge on any atom is 0.423 e. The van der Waals surface area contributed by atoms with E-state index in [0.717, 1.165) is 9.86 Å². The van der Waals surface area contributed by atoms with Crippen molar-refractivity contribution < 1.29 is 13.9 Å². The predicted octanol–water partition coefficient (Wildman–Crippen LogP) is 4.59. The van der Waals surface area contributed by atoms with Gasteiger partial charge in [-0.15, -0.1) is 0 Å². The molecule has 3 nitrogen and oxygen atoms in total. The van der Waals surface area contributed by atoms with Gasteiger partial charge in [-0.3, -0.25) is 4.57 Å². The molecule has 1 heterocycles. The maximum absolute atomic E-state index is 13.1. The van der Waals surface area contributed by atoms with Gasteiger partial charge >= 0.3 is 6.09 Å². The predicted molar refractivity (Wildman–Crippen MR) is 77.5 cm³/mol. The van der Waals surface area contributed by atoms with Crippen LogP contribution in [0.5, 0.6) is 5.75 Å². The first-order valence-electron chi connectivity index (χ1n) is 5.87. The highest BCUT2D eigenvalue weighted by Crippen LogP contribution is 2.19. The molecule has 0 aliphatic carbocycles. The lowest BCUT2D eigenvalue weighted by molar-refractivity contribution is 0.202. The molecule has 3 aromatic rings. The molecule has 0 atom stereocenters. The highest BCUT2D eigenvalue weighted by molar-refractivity contribution is 9.10. The van der Waals surface area contributed by atoms with Crippen LogP contribution in [0.4, 0.5) is 9.18 Å². The highest BCUT2D eigenvalue weighted by atomic mass is 79.9. The van der Waals surface area contributed by atoms with Crippen molar-refractivity contribution in [3.05, 3.63) is 65.1 Å². The Hall–Kier alpha value is -2.14. The standard InChI is InChI=1S/C15H9BrFNO2/c16-12-2-5-14(6-3-12)20-15(19)18-8-10-1-4-13(17)7-11(10)9-18/h1-9H. The first-order chi connectivity index (χ1) is 9.61. The van der Waals surface area contributed by atoms with Crippen molar-refractivity contribution in [2.45, 2.75) is 0 Å². The van der Waals surface area contributed by atoms with Gasteiger partial charge < -0.3 is 4.74 Å². The Balaban J connectivity index is 1.86. The molecule has 0 saturated heterocycles. The van der Waals surface area contributed by atoms with Gasteiger partial charge in [0.2, 0.25) is 0 Å². The largest absolute Gasteiger partial charge is 0.423 e. The number of halogens is 2. The zero-order valence-corrected chi connectivity index (χ0v) is 11.8. The van der Waals surface area contributed by atoms with Crippen molar-refractivity contribution in [3.8, 4) is 5.75 Å². The van der Waals surface area contributed by atoms with E-state index in [1.54, 1.807) is 42.7 Å². The first kappa shape index (κ1) is 12.9. The second-order valence-electron chi connectivity index (χ2n) is 4.26. The normalized spacial score (nSPS) is 10.7. The Morgan fingerprint density at radius 3 is 2.50 bits per heavy atom. The fourth-order valence-electron chi connectivity index (χ4n) is 1.87. The lowest BCUT2D eigenvalue weighted by atomic mass is 10.2. The number of hydrogen-bond donors (Lipinski definition) is 0. The van der Waals surface area contributed by atoms with E-state index in [1.807, 2.05) is 0 Å². The van der Waals surface area contributed by atoms with Crippen molar-refractivity contribution >= 4 is 32.8 Å². The first-order valence-corrected chi connectivity index (χ1v) is 6.66. The van der Waals surface area contributed by atoms with Crippen molar-refractivity contribution in [2.75, 3.05) is 0 Å². The van der Waals surface area contributed by atoms with Crippen LogP contribution in [-0.4, -0.2) is 10.7 Å². The van der Waals surface area contributed by atoms with E-state index in [0.29, 0.717) is 11.1 Å². The van der Waals surface area contributed by atoms with E-state index in [1.165, 1.54) is 16.7 Å². The molecule has 0 aliphatic rings. The number of benzene rings is 2. The van der Waals surface area contributed by atoms with Crippen LogP contribution in [0.3, 0.4) is 0 Å². The molecule has 100 valence electrons. The summed E-state index contributed by atoms with van der Waals surface area (Å²) in [5, 5.41) is 1.43. The summed E-state index contributed by atoms with van der Waals surface area (Å²) >= 11 is 3.31. The second-order valence-corrected chi connectivity index (χ2v) is 5.18. The molecule has 0 saturated carbocycles. The average Bonchev–Trinajstić information content (AvgIpc) is 2.84. The molecule has 0 spiro atoms. The Morgan fingerprint density at radius 2 is 1.75 bits per heavy atom. The number of ether oxygens (including phenoxy) is 1. The molecule has 0 radical (unpaired) electrons. The molecule has 0 bridgehead atoms. The van der Waals surface area contributed by atoms with Gasteiger partial charge in [-0.1, -0.05) is 15.9 Å². The third-order valence-electron chi connectivity index (χ3n) is 2.83. The molecule has 0 aliphatic heterocycles. The van der Waals surface area contributed by atoms with Crippen LogP contribution in [0.2, 0.25) is 0 Å². The van der Waals surface area contributed by atoms with E-state index < -0.39 is 6.09 Å². The Kier molecular flexibility index (Phi) is 3.28. The monoisotopic (exact) mass is 333 g/mol. The summed E-state index contributed by atoms with van der Waals surface area (Å²) in [6, 6.07) is 11.3. The summed E-state index contributed by atoms with van der Waals surface area (Å²) in [4.78, 5) is 12.0. The molecule has 0 amide bonds. The number of fused-ring (bicyclic) bond motifs is 1. The van der Waals surface area contributed by atoms with Gasteiger partial charge in [-0.25, -0.2) is 9.18 Å². The minimum absolute atomic E-state index is 0.337. The molecular formula is C15H9BrFNO2. The Labute approximate surface area is 122 Å². The quantitative estimate of drug-likeness (QED) is 0.652. The third-order valence-corrected chi connectivity index (χ3v) is 3.36. The van der Waals surface area contributed by atoms with Crippen LogP contribution in [0.15, 0.2) is 59.3 Å². The van der Waals surface area contributed by atoms with Crippen molar-refractivity contribution in [1.29, 1.82) is 0 Å². The summed E-state index contributed by atoms with van der Waals surface area (Å²) in [5.74, 6) is 0.110. The highest BCUT2D eigenvalue weighted by Gasteiger charge is 2.09. The van der Waals surface area contributed by atoms with Gasteiger partial charge in [0.25, 0.3) is 0 Å². The molecule has 20 heavy (non-hydrogen) atoms. The zero-order valence-electron chi connectivity index (χ0n) is 10.2. The molecule has 5 heteroatoms. The van der Waals surface area contributed by atoms with Crippen LogP contribution in [0.1, 0.15) is 0 Å². The van der Waals surface area contributed by atoms with Crippen LogP contribution in [0.25, 0.3) is 10.8 Å². The van der Waals surface area contributed by atoms with Crippen molar-refractivity contribution in [2.24, 2.45) is 0 Å². The van der Waals surface area contributed by atoms with Gasteiger partial charge in [0.15, 0.2) is 0 Å². The average molecular weight is 334 g/mol. The van der Waals surface area contributed by atoms with E-state index >= 15 is 0 Å². The summed E-state index contributed by atoms with van der Waals surface area (Å²) in [5.41, 5.74) is 0. The lowest BCUT2D eigenvalue weighted by Gasteiger charge is -2.04. The molecule has 0 N–H and O–H groups in total. The summed E-state index contributed by atoms with van der Waals surface area (Å²) < 4.78 is 20.5. The minimum atomic E-state index is -0.538. The van der Waals surface area contributed by atoms with Gasteiger partial charge in [-0.2, -0.15) is 0 Å². The molecule has 0 fully saturated rings. The topological polar surface area (TPSA) is 31.2 Å². The fraction of sp³-hybridized carbons (Fsp3) is 0. The van der Waals surface area contributed by atoms with Crippen LogP contribution >= 0.6 is 15.9 Å². The molecular weight excluding hydrogens is 325 g/mol. The van der Waals surface area contributed by atoms with Gasteiger partial charge in [0.05, 0.1) is 0 Å². The molecule has 2 aromatic carbocycles. The minimum Gasteiger partial charge on any atom is -0.410 e. The van der Waals surface area contributed by atoms with E-state index in [-0.39, 0.29) is 5.82 Å². The Bertz CT molecular complexity index is 780. The number of hydrogen-bond acceptors (Lipinski definition) is 2. The lowest BCUT2D eigenvalue weighted by Crippen LogP contribution is -2.14. The number of carbonyl (C=O) groups is 1. The summed E-state index contributed by atoms with van der Waals surface area (Å²) in [6.07, 6.45) is 2.61. The van der Waals surface area contributed by atoms with E-state index in [9.17, 15) is 9.18 Å². The van der Waals surface area contributed by atoms with E-state index in [4.69, 9.17) is 4.74 Å².